The van der Waals surface area contributed by atoms with Gasteiger partial charge in [0, 0.05) is 44.1 Å². The van der Waals surface area contributed by atoms with Crippen molar-refractivity contribution in [3.63, 3.8) is 0 Å². The van der Waals surface area contributed by atoms with E-state index in [0.717, 1.165) is 43.1 Å². The molecule has 2 N–H and O–H groups in total. The van der Waals surface area contributed by atoms with E-state index in [1.165, 1.54) is 0 Å². The highest BCUT2D eigenvalue weighted by Gasteiger charge is 2.50. The summed E-state index contributed by atoms with van der Waals surface area (Å²) in [6, 6.07) is 12.5. The second-order valence-corrected chi connectivity index (χ2v) is 11.1. The first-order chi connectivity index (χ1) is 18.9. The number of hydrogen-bond acceptors (Lipinski definition) is 5. The fraction of sp³-hybridized carbons (Fsp3) is 0.467. The van der Waals surface area contributed by atoms with Gasteiger partial charge >= 0.3 is 0 Å². The second-order valence-electron chi connectivity index (χ2n) is 11.1. The van der Waals surface area contributed by atoms with Gasteiger partial charge in [-0.05, 0) is 60.9 Å². The number of imidazole rings is 1. The summed E-state index contributed by atoms with van der Waals surface area (Å²) in [5, 5.41) is 14.4. The Balaban J connectivity index is 1.48. The van der Waals surface area contributed by atoms with Crippen molar-refractivity contribution in [2.24, 2.45) is 17.8 Å². The van der Waals surface area contributed by atoms with Crippen molar-refractivity contribution in [1.82, 2.24) is 19.8 Å². The third kappa shape index (κ3) is 4.99. The number of rotatable bonds is 6. The molecule has 39 heavy (non-hydrogen) atoms. The Labute approximate surface area is 226 Å². The minimum absolute atomic E-state index is 0.0400. The number of hydrogen-bond donors (Lipinski definition) is 2. The highest BCUT2D eigenvalue weighted by molar-refractivity contribution is 5.83. The van der Waals surface area contributed by atoms with Crippen LogP contribution in [-0.2, 0) is 16.1 Å². The van der Waals surface area contributed by atoms with E-state index in [0.29, 0.717) is 43.7 Å². The Morgan fingerprint density at radius 1 is 1.15 bits per heavy atom. The maximum absolute atomic E-state index is 14.9. The van der Waals surface area contributed by atoms with E-state index in [-0.39, 0.29) is 29.3 Å². The molecular formula is C30H34F2N4O3. The zero-order chi connectivity index (χ0) is 27.1. The minimum atomic E-state index is -1.14. The number of amides is 1. The van der Waals surface area contributed by atoms with E-state index in [1.807, 2.05) is 34.9 Å². The predicted molar refractivity (Wildman–Crippen MR) is 142 cm³/mol. The van der Waals surface area contributed by atoms with Crippen molar-refractivity contribution in [3.8, 4) is 11.3 Å². The maximum Gasteiger partial charge on any atom is 0.253 e. The standard InChI is InChI=1S/C30H34F2N4O3/c1-18-14-33-26-23(18)16-36(30(38)28(26)37)27(20-9-11-39-12-10-20)29-34-25(22-13-21(31)7-8-24(22)32)17-35(29)15-19-5-3-2-4-6-19/h2-8,13,17-18,20,23,26-28,33,37H,9-12,14-16H2,1H3/t18?,23-,26?,27+,28-/m0/s1. The summed E-state index contributed by atoms with van der Waals surface area (Å²) in [5.41, 5.74) is 1.41. The number of likely N-dealkylation sites (tertiary alicyclic amines) is 1. The summed E-state index contributed by atoms with van der Waals surface area (Å²) in [7, 11) is 0. The summed E-state index contributed by atoms with van der Waals surface area (Å²) >= 11 is 0. The number of nitrogens with zero attached hydrogens (tertiary/aromatic N) is 3. The summed E-state index contributed by atoms with van der Waals surface area (Å²) in [5.74, 6) is -0.362. The van der Waals surface area contributed by atoms with Crippen LogP contribution in [0.4, 0.5) is 8.78 Å². The molecule has 3 aliphatic rings. The van der Waals surface area contributed by atoms with Crippen LogP contribution in [0.2, 0.25) is 0 Å². The molecule has 2 aromatic carbocycles. The van der Waals surface area contributed by atoms with Crippen molar-refractivity contribution in [1.29, 1.82) is 0 Å². The van der Waals surface area contributed by atoms with Crippen LogP contribution in [-0.4, -0.2) is 63.9 Å². The van der Waals surface area contributed by atoms with E-state index >= 15 is 0 Å². The number of ether oxygens (including phenoxy) is 1. The Kier molecular flexibility index (Phi) is 7.22. The van der Waals surface area contributed by atoms with Crippen LogP contribution < -0.4 is 5.32 Å². The van der Waals surface area contributed by atoms with Gasteiger partial charge in [0.25, 0.3) is 5.91 Å². The SMILES string of the molecule is CC1CNC2[C@H]1CN([C@@H](c1nc(-c3cc(F)ccc3F)cn1Cc1ccccc1)C1CCOCC1)C(=O)[C@H]2O. The summed E-state index contributed by atoms with van der Waals surface area (Å²) in [6.07, 6.45) is 2.07. The lowest BCUT2D eigenvalue weighted by atomic mass is 9.81. The number of benzene rings is 2. The summed E-state index contributed by atoms with van der Waals surface area (Å²) in [4.78, 5) is 20.5. The minimum Gasteiger partial charge on any atom is -0.382 e. The Bertz CT molecular complexity index is 1330. The molecule has 3 aromatic rings. The van der Waals surface area contributed by atoms with Gasteiger partial charge in [0.15, 0.2) is 0 Å². The van der Waals surface area contributed by atoms with Crippen LogP contribution in [0.25, 0.3) is 11.3 Å². The molecule has 9 heteroatoms. The molecule has 0 bridgehead atoms. The predicted octanol–water partition coefficient (Wildman–Crippen LogP) is 3.77. The number of aromatic nitrogens is 2. The van der Waals surface area contributed by atoms with Crippen LogP contribution in [0.3, 0.4) is 0 Å². The van der Waals surface area contributed by atoms with Crippen molar-refractivity contribution in [3.05, 3.63) is 77.8 Å². The fourth-order valence-corrected chi connectivity index (χ4v) is 6.54. The van der Waals surface area contributed by atoms with Gasteiger partial charge in [0.05, 0.1) is 11.7 Å². The number of piperidine rings is 1. The molecule has 1 aromatic heterocycles. The molecule has 0 spiro atoms. The number of carbonyl (C=O) groups is 1. The number of halogens is 2. The smallest absolute Gasteiger partial charge is 0.253 e. The Hall–Kier alpha value is -3.14. The molecule has 2 unspecified atom stereocenters. The van der Waals surface area contributed by atoms with Gasteiger partial charge in [-0.15, -0.1) is 0 Å². The zero-order valence-electron chi connectivity index (χ0n) is 22.0. The molecule has 3 saturated heterocycles. The molecule has 3 fully saturated rings. The highest BCUT2D eigenvalue weighted by atomic mass is 19.1. The summed E-state index contributed by atoms with van der Waals surface area (Å²) < 4.78 is 36.7. The lowest BCUT2D eigenvalue weighted by Crippen LogP contribution is -2.60. The van der Waals surface area contributed by atoms with Crippen molar-refractivity contribution >= 4 is 5.91 Å². The molecule has 206 valence electrons. The quantitative estimate of drug-likeness (QED) is 0.502. The van der Waals surface area contributed by atoms with Crippen LogP contribution in [0.5, 0.6) is 0 Å². The molecule has 1 amide bonds. The molecule has 0 radical (unpaired) electrons. The van der Waals surface area contributed by atoms with Crippen molar-refractivity contribution in [2.75, 3.05) is 26.3 Å². The number of aliphatic hydroxyl groups excluding tert-OH is 1. The van der Waals surface area contributed by atoms with Crippen LogP contribution >= 0.6 is 0 Å². The van der Waals surface area contributed by atoms with Gasteiger partial charge in [-0.3, -0.25) is 4.79 Å². The topological polar surface area (TPSA) is 79.6 Å². The molecule has 7 nitrogen and oxygen atoms in total. The number of nitrogens with one attached hydrogen (secondary N) is 1. The number of carbonyl (C=O) groups excluding carboxylic acids is 1. The average molecular weight is 537 g/mol. The molecular weight excluding hydrogens is 502 g/mol. The number of aliphatic hydroxyl groups is 1. The third-order valence-corrected chi connectivity index (χ3v) is 8.67. The average Bonchev–Trinajstić information content (AvgIpc) is 3.53. The highest BCUT2D eigenvalue weighted by Crippen LogP contribution is 2.41. The summed E-state index contributed by atoms with van der Waals surface area (Å²) in [6.45, 7) is 4.98. The molecule has 5 atom stereocenters. The van der Waals surface area contributed by atoms with Gasteiger partial charge in [0.1, 0.15) is 23.6 Å². The van der Waals surface area contributed by atoms with Crippen LogP contribution in [0, 0.1) is 29.4 Å². The molecule has 6 rings (SSSR count). The van der Waals surface area contributed by atoms with E-state index in [4.69, 9.17) is 9.72 Å². The zero-order valence-corrected chi connectivity index (χ0v) is 22.0. The van der Waals surface area contributed by atoms with Crippen molar-refractivity contribution < 1.29 is 23.4 Å². The van der Waals surface area contributed by atoms with Gasteiger partial charge in [0.2, 0.25) is 0 Å². The van der Waals surface area contributed by atoms with E-state index in [1.54, 1.807) is 11.1 Å². The first kappa shape index (κ1) is 26.1. The van der Waals surface area contributed by atoms with E-state index in [2.05, 4.69) is 12.2 Å². The van der Waals surface area contributed by atoms with Crippen LogP contribution in [0.1, 0.15) is 37.2 Å². The Morgan fingerprint density at radius 2 is 1.92 bits per heavy atom. The first-order valence-corrected chi connectivity index (χ1v) is 13.8. The maximum atomic E-state index is 14.9. The monoisotopic (exact) mass is 536 g/mol. The van der Waals surface area contributed by atoms with Gasteiger partial charge in [-0.25, -0.2) is 13.8 Å². The van der Waals surface area contributed by atoms with Gasteiger partial charge in [-0.1, -0.05) is 37.3 Å². The molecule has 0 saturated carbocycles. The lowest BCUT2D eigenvalue weighted by molar-refractivity contribution is -0.154. The van der Waals surface area contributed by atoms with E-state index in [9.17, 15) is 18.7 Å². The van der Waals surface area contributed by atoms with Gasteiger partial charge in [-0.2, -0.15) is 0 Å². The lowest BCUT2D eigenvalue weighted by Gasteiger charge is -2.45. The van der Waals surface area contributed by atoms with E-state index < -0.39 is 23.8 Å². The van der Waals surface area contributed by atoms with Crippen molar-refractivity contribution in [2.45, 2.75) is 44.5 Å². The second kappa shape index (κ2) is 10.8. The van der Waals surface area contributed by atoms with Gasteiger partial charge < -0.3 is 24.6 Å². The number of fused-ring (bicyclic) bond motifs is 1. The third-order valence-electron chi connectivity index (χ3n) is 8.67. The Morgan fingerprint density at radius 3 is 2.69 bits per heavy atom. The molecule has 3 aliphatic heterocycles. The molecule has 0 aliphatic carbocycles. The first-order valence-electron chi connectivity index (χ1n) is 13.8. The molecule has 4 heterocycles. The normalized spacial score (nSPS) is 26.6. The fourth-order valence-electron chi connectivity index (χ4n) is 6.54. The largest absolute Gasteiger partial charge is 0.382 e. The van der Waals surface area contributed by atoms with Crippen LogP contribution in [0.15, 0.2) is 54.7 Å².